The normalized spacial score (nSPS) is 11.2. The molecule has 7 heteroatoms. The summed E-state index contributed by atoms with van der Waals surface area (Å²) in [6, 6.07) is 10.5. The van der Waals surface area contributed by atoms with Crippen LogP contribution in [-0.2, 0) is 10.0 Å². The molecule has 112 valence electrons. The molecule has 5 nitrogen and oxygen atoms in total. The fourth-order valence-electron chi connectivity index (χ4n) is 1.84. The smallest absolute Gasteiger partial charge is 0.266 e. The summed E-state index contributed by atoms with van der Waals surface area (Å²) in [6.45, 7) is 0. The van der Waals surface area contributed by atoms with Gasteiger partial charge in [-0.3, -0.25) is 4.72 Å². The first kappa shape index (κ1) is 15.1. The number of rotatable bonds is 4. The van der Waals surface area contributed by atoms with Crippen molar-refractivity contribution in [3.05, 3.63) is 48.3 Å². The molecule has 0 amide bonds. The summed E-state index contributed by atoms with van der Waals surface area (Å²) in [6.07, 6.45) is 0. The van der Waals surface area contributed by atoms with Gasteiger partial charge in [-0.1, -0.05) is 6.07 Å². The van der Waals surface area contributed by atoms with Crippen LogP contribution in [0.3, 0.4) is 0 Å². The first-order valence-corrected chi connectivity index (χ1v) is 7.64. The first-order valence-electron chi connectivity index (χ1n) is 6.15. The lowest BCUT2D eigenvalue weighted by atomic mass is 10.3. The van der Waals surface area contributed by atoms with Gasteiger partial charge in [0.05, 0.1) is 5.69 Å². The van der Waals surface area contributed by atoms with Crippen molar-refractivity contribution in [2.45, 2.75) is 4.90 Å². The van der Waals surface area contributed by atoms with Crippen molar-refractivity contribution in [1.29, 1.82) is 0 Å². The summed E-state index contributed by atoms with van der Waals surface area (Å²) in [5, 5.41) is 0. The highest BCUT2D eigenvalue weighted by Crippen LogP contribution is 2.25. The van der Waals surface area contributed by atoms with Crippen LogP contribution in [0.15, 0.2) is 47.4 Å². The minimum Gasteiger partial charge on any atom is -0.398 e. The molecule has 3 N–H and O–H groups in total. The summed E-state index contributed by atoms with van der Waals surface area (Å²) >= 11 is 0. The topological polar surface area (TPSA) is 75.4 Å². The van der Waals surface area contributed by atoms with E-state index in [1.807, 2.05) is 19.0 Å². The number of benzene rings is 2. The number of sulfonamides is 1. The Bertz CT molecular complexity index is 723. The van der Waals surface area contributed by atoms with Gasteiger partial charge in [0, 0.05) is 25.5 Å². The Labute approximate surface area is 123 Å². The van der Waals surface area contributed by atoms with Crippen LogP contribution in [0.4, 0.5) is 21.5 Å². The number of nitrogen functional groups attached to an aromatic ring is 1. The van der Waals surface area contributed by atoms with Gasteiger partial charge in [-0.25, -0.2) is 12.8 Å². The molecule has 0 aliphatic heterocycles. The predicted octanol–water partition coefficient (Wildman–Crippen LogP) is 2.27. The summed E-state index contributed by atoms with van der Waals surface area (Å²) < 4.78 is 40.5. The molecule has 0 spiro atoms. The fourth-order valence-corrected chi connectivity index (χ4v) is 3.09. The fraction of sp³-hybridized carbons (Fsp3) is 0.143. The Morgan fingerprint density at radius 3 is 2.24 bits per heavy atom. The standard InChI is InChI=1S/C14H16FN3O2S/c1-18(2)11-8-6-10(7-9-11)17-21(19,20)14-12(15)4-3-5-13(14)16/h3-9,17H,16H2,1-2H3. The van der Waals surface area contributed by atoms with Gasteiger partial charge in [0.15, 0.2) is 0 Å². The summed E-state index contributed by atoms with van der Waals surface area (Å²) in [7, 11) is -0.323. The molecule has 0 saturated carbocycles. The zero-order valence-corrected chi connectivity index (χ0v) is 12.5. The molecule has 2 aromatic carbocycles. The van der Waals surface area contributed by atoms with Crippen LogP contribution in [0.2, 0.25) is 0 Å². The predicted molar refractivity (Wildman–Crippen MR) is 82.4 cm³/mol. The molecule has 0 bridgehead atoms. The second-order valence-corrected chi connectivity index (χ2v) is 6.32. The Morgan fingerprint density at radius 1 is 1.10 bits per heavy atom. The second kappa shape index (κ2) is 5.61. The van der Waals surface area contributed by atoms with Crippen LogP contribution in [0.25, 0.3) is 0 Å². The van der Waals surface area contributed by atoms with E-state index in [1.54, 1.807) is 24.3 Å². The van der Waals surface area contributed by atoms with E-state index in [0.717, 1.165) is 11.8 Å². The number of anilines is 3. The average molecular weight is 309 g/mol. The van der Waals surface area contributed by atoms with Crippen LogP contribution in [0.5, 0.6) is 0 Å². The highest BCUT2D eigenvalue weighted by molar-refractivity contribution is 7.92. The molecular formula is C14H16FN3O2S. The third kappa shape index (κ3) is 3.25. The molecule has 0 saturated heterocycles. The van der Waals surface area contributed by atoms with E-state index in [1.165, 1.54) is 12.1 Å². The Hall–Kier alpha value is -2.28. The van der Waals surface area contributed by atoms with E-state index < -0.39 is 20.7 Å². The number of nitrogens with two attached hydrogens (primary N) is 1. The van der Waals surface area contributed by atoms with Crippen molar-refractivity contribution in [2.75, 3.05) is 29.5 Å². The maximum absolute atomic E-state index is 13.7. The van der Waals surface area contributed by atoms with Crippen LogP contribution in [-0.4, -0.2) is 22.5 Å². The lowest BCUT2D eigenvalue weighted by Crippen LogP contribution is -2.16. The van der Waals surface area contributed by atoms with Crippen molar-refractivity contribution >= 4 is 27.1 Å². The molecule has 0 aliphatic carbocycles. The summed E-state index contributed by atoms with van der Waals surface area (Å²) in [5.74, 6) is -0.882. The molecular weight excluding hydrogens is 293 g/mol. The van der Waals surface area contributed by atoms with E-state index in [2.05, 4.69) is 4.72 Å². The van der Waals surface area contributed by atoms with Gasteiger partial charge in [0.1, 0.15) is 10.7 Å². The van der Waals surface area contributed by atoms with E-state index in [0.29, 0.717) is 5.69 Å². The number of halogens is 1. The largest absolute Gasteiger partial charge is 0.398 e. The SMILES string of the molecule is CN(C)c1ccc(NS(=O)(=O)c2c(N)cccc2F)cc1. The molecule has 0 atom stereocenters. The van der Waals surface area contributed by atoms with Crippen LogP contribution in [0, 0.1) is 5.82 Å². The molecule has 0 fully saturated rings. The molecule has 2 aromatic rings. The monoisotopic (exact) mass is 309 g/mol. The molecule has 21 heavy (non-hydrogen) atoms. The van der Waals surface area contributed by atoms with Crippen molar-refractivity contribution in [3.63, 3.8) is 0 Å². The van der Waals surface area contributed by atoms with E-state index in [9.17, 15) is 12.8 Å². The van der Waals surface area contributed by atoms with Gasteiger partial charge in [-0.15, -0.1) is 0 Å². The summed E-state index contributed by atoms with van der Waals surface area (Å²) in [4.78, 5) is 1.34. The van der Waals surface area contributed by atoms with E-state index in [4.69, 9.17) is 5.73 Å². The van der Waals surface area contributed by atoms with Gasteiger partial charge in [-0.2, -0.15) is 0 Å². The second-order valence-electron chi connectivity index (χ2n) is 4.70. The van der Waals surface area contributed by atoms with Crippen LogP contribution >= 0.6 is 0 Å². The van der Waals surface area contributed by atoms with E-state index >= 15 is 0 Å². The van der Waals surface area contributed by atoms with Crippen molar-refractivity contribution < 1.29 is 12.8 Å². The van der Waals surface area contributed by atoms with Gasteiger partial charge >= 0.3 is 0 Å². The highest BCUT2D eigenvalue weighted by atomic mass is 32.2. The molecule has 0 aromatic heterocycles. The maximum atomic E-state index is 13.7. The van der Waals surface area contributed by atoms with Crippen LogP contribution < -0.4 is 15.4 Å². The molecule has 0 aliphatic rings. The zero-order valence-electron chi connectivity index (χ0n) is 11.7. The quantitative estimate of drug-likeness (QED) is 0.850. The number of nitrogens with one attached hydrogen (secondary N) is 1. The van der Waals surface area contributed by atoms with Crippen LogP contribution in [0.1, 0.15) is 0 Å². The number of nitrogens with zero attached hydrogens (tertiary/aromatic N) is 1. The third-order valence-electron chi connectivity index (χ3n) is 2.90. The average Bonchev–Trinajstić information content (AvgIpc) is 2.38. The molecule has 0 radical (unpaired) electrons. The van der Waals surface area contributed by atoms with Gasteiger partial charge in [-0.05, 0) is 36.4 Å². The highest BCUT2D eigenvalue weighted by Gasteiger charge is 2.22. The lowest BCUT2D eigenvalue weighted by molar-refractivity contribution is 0.572. The first-order chi connectivity index (χ1) is 9.81. The zero-order chi connectivity index (χ0) is 15.6. The summed E-state index contributed by atoms with van der Waals surface area (Å²) in [5.41, 5.74) is 6.68. The van der Waals surface area contributed by atoms with E-state index in [-0.39, 0.29) is 5.69 Å². The molecule has 0 unspecified atom stereocenters. The Morgan fingerprint density at radius 2 is 1.71 bits per heavy atom. The van der Waals surface area contributed by atoms with Gasteiger partial charge in [0.25, 0.3) is 10.0 Å². The number of hydrogen-bond donors (Lipinski definition) is 2. The van der Waals surface area contributed by atoms with Gasteiger partial charge < -0.3 is 10.6 Å². The minimum absolute atomic E-state index is 0.132. The minimum atomic E-state index is -4.07. The third-order valence-corrected chi connectivity index (χ3v) is 4.37. The molecule has 0 heterocycles. The van der Waals surface area contributed by atoms with Gasteiger partial charge in [0.2, 0.25) is 0 Å². The Kier molecular flexibility index (Phi) is 4.04. The van der Waals surface area contributed by atoms with Crippen molar-refractivity contribution in [2.24, 2.45) is 0 Å². The van der Waals surface area contributed by atoms with Crippen molar-refractivity contribution in [1.82, 2.24) is 0 Å². The Balaban J connectivity index is 2.33. The molecule has 2 rings (SSSR count). The lowest BCUT2D eigenvalue weighted by Gasteiger charge is -2.14. The maximum Gasteiger partial charge on any atom is 0.266 e. The van der Waals surface area contributed by atoms with Crippen molar-refractivity contribution in [3.8, 4) is 0 Å². The number of hydrogen-bond acceptors (Lipinski definition) is 4.